The summed E-state index contributed by atoms with van der Waals surface area (Å²) in [5.74, 6) is 0.183. The average Bonchev–Trinajstić information content (AvgIpc) is 2.74. The predicted molar refractivity (Wildman–Crippen MR) is 67.5 cm³/mol. The summed E-state index contributed by atoms with van der Waals surface area (Å²) in [6.07, 6.45) is 1.71. The maximum Gasteiger partial charge on any atom is 0.165 e. The highest BCUT2D eigenvalue weighted by molar-refractivity contribution is 5.77. The first-order valence-corrected chi connectivity index (χ1v) is 5.52. The van der Waals surface area contributed by atoms with E-state index in [9.17, 15) is 4.39 Å². The molecule has 2 heterocycles. The van der Waals surface area contributed by atoms with E-state index < -0.39 is 0 Å². The number of anilines is 1. The summed E-state index contributed by atoms with van der Waals surface area (Å²) in [6, 6.07) is 7.99. The van der Waals surface area contributed by atoms with E-state index in [0.29, 0.717) is 11.5 Å². The molecule has 0 fully saturated rings. The molecule has 0 bridgehead atoms. The van der Waals surface area contributed by atoms with E-state index >= 15 is 0 Å². The van der Waals surface area contributed by atoms with Crippen molar-refractivity contribution < 1.29 is 4.39 Å². The highest BCUT2D eigenvalue weighted by Gasteiger charge is 2.10. The summed E-state index contributed by atoms with van der Waals surface area (Å²) in [5, 5.41) is 4.26. The van der Waals surface area contributed by atoms with Crippen molar-refractivity contribution in [2.45, 2.75) is 6.92 Å². The van der Waals surface area contributed by atoms with Gasteiger partial charge in [-0.1, -0.05) is 12.1 Å². The summed E-state index contributed by atoms with van der Waals surface area (Å²) >= 11 is 0. The van der Waals surface area contributed by atoms with Crippen molar-refractivity contribution in [3.05, 3.63) is 48.0 Å². The fourth-order valence-corrected chi connectivity index (χ4v) is 1.97. The van der Waals surface area contributed by atoms with Crippen LogP contribution in [0.25, 0.3) is 16.8 Å². The maximum absolute atomic E-state index is 12.9. The van der Waals surface area contributed by atoms with Gasteiger partial charge in [-0.15, -0.1) is 0 Å². The van der Waals surface area contributed by atoms with Crippen molar-refractivity contribution in [1.82, 2.24) is 14.6 Å². The van der Waals surface area contributed by atoms with Crippen LogP contribution in [0.1, 0.15) is 5.69 Å². The molecule has 0 aliphatic carbocycles. The lowest BCUT2D eigenvalue weighted by molar-refractivity contribution is 0.628. The van der Waals surface area contributed by atoms with Crippen molar-refractivity contribution >= 4 is 11.5 Å². The van der Waals surface area contributed by atoms with Crippen LogP contribution in [0, 0.1) is 12.7 Å². The Kier molecular flexibility index (Phi) is 2.26. The number of hydrogen-bond acceptors (Lipinski definition) is 3. The summed E-state index contributed by atoms with van der Waals surface area (Å²) in [5.41, 5.74) is 9.03. The van der Waals surface area contributed by atoms with Gasteiger partial charge in [-0.2, -0.15) is 5.10 Å². The van der Waals surface area contributed by atoms with E-state index in [2.05, 4.69) is 10.1 Å². The first-order valence-electron chi connectivity index (χ1n) is 5.52. The smallest absolute Gasteiger partial charge is 0.165 e. The number of fused-ring (bicyclic) bond motifs is 1. The van der Waals surface area contributed by atoms with Crippen LogP contribution in [0.2, 0.25) is 0 Å². The molecular formula is C13H11FN4. The number of aryl methyl sites for hydroxylation is 1. The molecule has 0 spiro atoms. The molecule has 18 heavy (non-hydrogen) atoms. The van der Waals surface area contributed by atoms with Crippen LogP contribution in [0.4, 0.5) is 10.2 Å². The number of rotatable bonds is 1. The zero-order chi connectivity index (χ0) is 12.7. The molecule has 90 valence electrons. The van der Waals surface area contributed by atoms with Gasteiger partial charge in [0.2, 0.25) is 0 Å². The first-order chi connectivity index (χ1) is 8.65. The molecule has 0 saturated heterocycles. The van der Waals surface area contributed by atoms with Crippen LogP contribution < -0.4 is 5.73 Å². The fourth-order valence-electron chi connectivity index (χ4n) is 1.97. The van der Waals surface area contributed by atoms with Crippen LogP contribution in [-0.2, 0) is 0 Å². The van der Waals surface area contributed by atoms with E-state index in [1.54, 1.807) is 28.9 Å². The molecule has 1 aromatic carbocycles. The quantitative estimate of drug-likeness (QED) is 0.713. The van der Waals surface area contributed by atoms with Crippen LogP contribution in [-0.4, -0.2) is 14.6 Å². The molecule has 0 saturated carbocycles. The summed E-state index contributed by atoms with van der Waals surface area (Å²) in [4.78, 5) is 4.28. The van der Waals surface area contributed by atoms with Crippen LogP contribution in [0.15, 0.2) is 36.5 Å². The third-order valence-corrected chi connectivity index (χ3v) is 2.82. The molecule has 0 amide bonds. The number of nitrogens with two attached hydrogens (primary N) is 1. The Balaban J connectivity index is 2.27. The molecule has 0 radical (unpaired) electrons. The Labute approximate surface area is 103 Å². The number of aromatic nitrogens is 3. The monoisotopic (exact) mass is 242 g/mol. The Morgan fingerprint density at radius 1 is 1.22 bits per heavy atom. The minimum atomic E-state index is -0.265. The molecule has 0 atom stereocenters. The van der Waals surface area contributed by atoms with Crippen molar-refractivity contribution in [2.75, 3.05) is 5.73 Å². The molecule has 5 heteroatoms. The number of halogens is 1. The van der Waals surface area contributed by atoms with E-state index in [0.717, 1.165) is 16.8 Å². The number of hydrogen-bond donors (Lipinski definition) is 1. The molecule has 4 nitrogen and oxygen atoms in total. The van der Waals surface area contributed by atoms with Crippen molar-refractivity contribution in [2.24, 2.45) is 0 Å². The fraction of sp³-hybridized carbons (Fsp3) is 0.0769. The van der Waals surface area contributed by atoms with E-state index in [1.807, 2.05) is 6.92 Å². The van der Waals surface area contributed by atoms with Gasteiger partial charge in [-0.25, -0.2) is 13.9 Å². The average molecular weight is 242 g/mol. The second-order valence-electron chi connectivity index (χ2n) is 4.12. The van der Waals surface area contributed by atoms with Gasteiger partial charge in [-0.3, -0.25) is 0 Å². The van der Waals surface area contributed by atoms with Gasteiger partial charge in [0.25, 0.3) is 0 Å². The SMILES string of the molecule is Cc1cc(N)nc2c(-c3ccc(F)cc3)cnn12. The van der Waals surface area contributed by atoms with Crippen LogP contribution >= 0.6 is 0 Å². The largest absolute Gasteiger partial charge is 0.384 e. The summed E-state index contributed by atoms with van der Waals surface area (Å²) < 4.78 is 14.6. The maximum atomic E-state index is 12.9. The molecule has 0 unspecified atom stereocenters. The lowest BCUT2D eigenvalue weighted by atomic mass is 10.1. The van der Waals surface area contributed by atoms with Gasteiger partial charge in [0.05, 0.1) is 6.20 Å². The molecule has 0 aliphatic heterocycles. The van der Waals surface area contributed by atoms with Gasteiger partial charge in [0, 0.05) is 17.3 Å². The van der Waals surface area contributed by atoms with Gasteiger partial charge in [0.1, 0.15) is 11.6 Å². The number of nitrogen functional groups attached to an aromatic ring is 1. The summed E-state index contributed by atoms with van der Waals surface area (Å²) in [7, 11) is 0. The third kappa shape index (κ3) is 1.60. The van der Waals surface area contributed by atoms with E-state index in [-0.39, 0.29) is 5.82 Å². The topological polar surface area (TPSA) is 56.2 Å². The molecule has 2 N–H and O–H groups in total. The second-order valence-corrected chi connectivity index (χ2v) is 4.12. The summed E-state index contributed by atoms with van der Waals surface area (Å²) in [6.45, 7) is 1.91. The molecule has 3 aromatic rings. The standard InChI is InChI=1S/C13H11FN4/c1-8-6-12(15)17-13-11(7-16-18(8)13)9-2-4-10(14)5-3-9/h2-7H,1H3,(H2,15,17). The van der Waals surface area contributed by atoms with Crippen molar-refractivity contribution in [3.8, 4) is 11.1 Å². The lowest BCUT2D eigenvalue weighted by Crippen LogP contribution is -1.99. The first kappa shape index (κ1) is 10.7. The third-order valence-electron chi connectivity index (χ3n) is 2.82. The Morgan fingerprint density at radius 2 is 1.94 bits per heavy atom. The zero-order valence-electron chi connectivity index (χ0n) is 9.76. The number of nitrogens with zero attached hydrogens (tertiary/aromatic N) is 3. The minimum Gasteiger partial charge on any atom is -0.384 e. The second kappa shape index (κ2) is 3.80. The molecule has 2 aromatic heterocycles. The van der Waals surface area contributed by atoms with Crippen molar-refractivity contribution in [3.63, 3.8) is 0 Å². The van der Waals surface area contributed by atoms with E-state index in [1.165, 1.54) is 12.1 Å². The molecular weight excluding hydrogens is 231 g/mol. The lowest BCUT2D eigenvalue weighted by Gasteiger charge is -2.02. The highest BCUT2D eigenvalue weighted by Crippen LogP contribution is 2.24. The van der Waals surface area contributed by atoms with Gasteiger partial charge in [-0.05, 0) is 24.6 Å². The van der Waals surface area contributed by atoms with Crippen LogP contribution in [0.3, 0.4) is 0 Å². The van der Waals surface area contributed by atoms with Gasteiger partial charge in [0.15, 0.2) is 5.65 Å². The molecule has 0 aliphatic rings. The Morgan fingerprint density at radius 3 is 2.67 bits per heavy atom. The Bertz CT molecular complexity index is 716. The zero-order valence-corrected chi connectivity index (χ0v) is 9.76. The van der Waals surface area contributed by atoms with E-state index in [4.69, 9.17) is 5.73 Å². The Hall–Kier alpha value is -2.43. The highest BCUT2D eigenvalue weighted by atomic mass is 19.1. The van der Waals surface area contributed by atoms with Crippen LogP contribution in [0.5, 0.6) is 0 Å². The van der Waals surface area contributed by atoms with Crippen molar-refractivity contribution in [1.29, 1.82) is 0 Å². The predicted octanol–water partition coefficient (Wildman–Crippen LogP) is 2.43. The van der Waals surface area contributed by atoms with Gasteiger partial charge >= 0.3 is 0 Å². The van der Waals surface area contributed by atoms with Gasteiger partial charge < -0.3 is 5.73 Å². The normalized spacial score (nSPS) is 11.0. The molecule has 3 rings (SSSR count). The minimum absolute atomic E-state index is 0.265. The number of benzene rings is 1.